The molecule has 0 atom stereocenters. The fourth-order valence-corrected chi connectivity index (χ4v) is 2.08. The van der Waals surface area contributed by atoms with Gasteiger partial charge in [0.25, 0.3) is 0 Å². The van der Waals surface area contributed by atoms with Crippen LogP contribution < -0.4 is 14.8 Å². The first kappa shape index (κ1) is 15.8. The van der Waals surface area contributed by atoms with Crippen molar-refractivity contribution in [3.8, 4) is 11.5 Å². The van der Waals surface area contributed by atoms with E-state index in [0.29, 0.717) is 0 Å². The van der Waals surface area contributed by atoms with E-state index in [2.05, 4.69) is 37.2 Å². The SMILES string of the molecule is CNC(C)(C)CN(C)Cc1ccc(OC)cc1OC. The average molecular weight is 266 g/mol. The van der Waals surface area contributed by atoms with Crippen LogP contribution in [0.2, 0.25) is 0 Å². The van der Waals surface area contributed by atoms with Gasteiger partial charge in [-0.3, -0.25) is 0 Å². The van der Waals surface area contributed by atoms with E-state index in [1.54, 1.807) is 14.2 Å². The Bertz CT molecular complexity index is 405. The molecular weight excluding hydrogens is 240 g/mol. The highest BCUT2D eigenvalue weighted by Gasteiger charge is 2.18. The first-order valence-corrected chi connectivity index (χ1v) is 6.50. The number of benzene rings is 1. The van der Waals surface area contributed by atoms with Crippen molar-refractivity contribution in [3.63, 3.8) is 0 Å². The Labute approximate surface area is 116 Å². The molecule has 0 fully saturated rings. The standard InChI is InChI=1S/C15H26N2O2/c1-15(2,16-3)11-17(4)10-12-7-8-13(18-5)9-14(12)19-6/h7-9,16H,10-11H2,1-6H3. The monoisotopic (exact) mass is 266 g/mol. The molecule has 0 spiro atoms. The van der Waals surface area contributed by atoms with Crippen molar-refractivity contribution in [2.45, 2.75) is 25.9 Å². The summed E-state index contributed by atoms with van der Waals surface area (Å²) in [6.07, 6.45) is 0. The molecule has 0 aliphatic rings. The van der Waals surface area contributed by atoms with Gasteiger partial charge in [0.05, 0.1) is 14.2 Å². The molecule has 0 aliphatic heterocycles. The zero-order valence-corrected chi connectivity index (χ0v) is 12.9. The number of hydrogen-bond acceptors (Lipinski definition) is 4. The highest BCUT2D eigenvalue weighted by molar-refractivity contribution is 5.40. The molecule has 0 amide bonds. The minimum absolute atomic E-state index is 0.0917. The summed E-state index contributed by atoms with van der Waals surface area (Å²) >= 11 is 0. The number of nitrogens with one attached hydrogen (secondary N) is 1. The molecule has 0 saturated carbocycles. The summed E-state index contributed by atoms with van der Waals surface area (Å²) in [5.74, 6) is 1.69. The number of hydrogen-bond donors (Lipinski definition) is 1. The van der Waals surface area contributed by atoms with Crippen LogP contribution in [-0.4, -0.2) is 45.3 Å². The molecule has 108 valence electrons. The Morgan fingerprint density at radius 2 is 1.89 bits per heavy atom. The van der Waals surface area contributed by atoms with Gasteiger partial charge in [0.1, 0.15) is 11.5 Å². The lowest BCUT2D eigenvalue weighted by Gasteiger charge is -2.30. The fourth-order valence-electron chi connectivity index (χ4n) is 2.08. The second-order valence-electron chi connectivity index (χ2n) is 5.48. The molecule has 1 aromatic rings. The summed E-state index contributed by atoms with van der Waals surface area (Å²) in [5, 5.41) is 3.31. The van der Waals surface area contributed by atoms with Crippen molar-refractivity contribution in [1.29, 1.82) is 0 Å². The van der Waals surface area contributed by atoms with E-state index < -0.39 is 0 Å². The van der Waals surface area contributed by atoms with E-state index in [1.807, 2.05) is 19.2 Å². The fraction of sp³-hybridized carbons (Fsp3) is 0.600. The highest BCUT2D eigenvalue weighted by atomic mass is 16.5. The molecule has 19 heavy (non-hydrogen) atoms. The topological polar surface area (TPSA) is 33.7 Å². The lowest BCUT2D eigenvalue weighted by Crippen LogP contribution is -2.46. The molecule has 0 unspecified atom stereocenters. The minimum atomic E-state index is 0.0917. The highest BCUT2D eigenvalue weighted by Crippen LogP contribution is 2.25. The summed E-state index contributed by atoms with van der Waals surface area (Å²) in [6, 6.07) is 5.95. The van der Waals surface area contributed by atoms with Gasteiger partial charge < -0.3 is 19.7 Å². The third kappa shape index (κ3) is 4.73. The number of nitrogens with zero attached hydrogens (tertiary/aromatic N) is 1. The quantitative estimate of drug-likeness (QED) is 0.820. The van der Waals surface area contributed by atoms with E-state index in [4.69, 9.17) is 9.47 Å². The molecule has 1 rings (SSSR count). The first-order valence-electron chi connectivity index (χ1n) is 6.50. The van der Waals surface area contributed by atoms with Crippen LogP contribution in [-0.2, 0) is 6.54 Å². The van der Waals surface area contributed by atoms with Crippen molar-refractivity contribution in [1.82, 2.24) is 10.2 Å². The molecule has 0 aliphatic carbocycles. The second kappa shape index (κ2) is 6.78. The molecule has 0 bridgehead atoms. The van der Waals surface area contributed by atoms with Crippen LogP contribution in [0.25, 0.3) is 0 Å². The number of ether oxygens (including phenoxy) is 2. The van der Waals surface area contributed by atoms with E-state index in [0.717, 1.165) is 30.2 Å². The van der Waals surface area contributed by atoms with Gasteiger partial charge in [-0.2, -0.15) is 0 Å². The Hall–Kier alpha value is -1.26. The van der Waals surface area contributed by atoms with Gasteiger partial charge >= 0.3 is 0 Å². The number of methoxy groups -OCH3 is 2. The first-order chi connectivity index (χ1) is 8.91. The van der Waals surface area contributed by atoms with Crippen LogP contribution >= 0.6 is 0 Å². The van der Waals surface area contributed by atoms with Crippen LogP contribution in [0.1, 0.15) is 19.4 Å². The van der Waals surface area contributed by atoms with E-state index in [-0.39, 0.29) is 5.54 Å². The summed E-state index contributed by atoms with van der Waals surface area (Å²) in [6.45, 7) is 6.18. The molecule has 0 saturated heterocycles. The zero-order chi connectivity index (χ0) is 14.5. The molecule has 0 aromatic heterocycles. The van der Waals surface area contributed by atoms with Crippen molar-refractivity contribution in [3.05, 3.63) is 23.8 Å². The third-order valence-electron chi connectivity index (χ3n) is 3.28. The van der Waals surface area contributed by atoms with E-state index in [1.165, 1.54) is 0 Å². The van der Waals surface area contributed by atoms with Gasteiger partial charge in [-0.15, -0.1) is 0 Å². The summed E-state index contributed by atoms with van der Waals surface area (Å²) in [7, 11) is 7.45. The van der Waals surface area contributed by atoms with E-state index in [9.17, 15) is 0 Å². The van der Waals surface area contributed by atoms with Crippen LogP contribution in [0.4, 0.5) is 0 Å². The van der Waals surface area contributed by atoms with Crippen molar-refractivity contribution in [2.24, 2.45) is 0 Å². The number of rotatable bonds is 7. The lowest BCUT2D eigenvalue weighted by atomic mass is 10.1. The summed E-state index contributed by atoms with van der Waals surface area (Å²) < 4.78 is 10.6. The van der Waals surface area contributed by atoms with Gasteiger partial charge in [-0.05, 0) is 34.0 Å². The smallest absolute Gasteiger partial charge is 0.127 e. The Kier molecular flexibility index (Phi) is 5.63. The van der Waals surface area contributed by atoms with Crippen LogP contribution in [0, 0.1) is 0 Å². The van der Waals surface area contributed by atoms with Gasteiger partial charge in [-0.1, -0.05) is 6.07 Å². The molecule has 1 N–H and O–H groups in total. The predicted octanol–water partition coefficient (Wildman–Crippen LogP) is 2.13. The van der Waals surface area contributed by atoms with E-state index >= 15 is 0 Å². The van der Waals surface area contributed by atoms with Crippen molar-refractivity contribution >= 4 is 0 Å². The van der Waals surface area contributed by atoms with Crippen LogP contribution in [0.5, 0.6) is 11.5 Å². The predicted molar refractivity (Wildman–Crippen MR) is 79.0 cm³/mol. The Morgan fingerprint density at radius 1 is 1.21 bits per heavy atom. The molecule has 4 heteroatoms. The normalized spacial score (nSPS) is 11.7. The molecule has 0 heterocycles. The van der Waals surface area contributed by atoms with Crippen LogP contribution in [0.15, 0.2) is 18.2 Å². The molecule has 0 radical (unpaired) electrons. The summed E-state index contributed by atoms with van der Waals surface area (Å²) in [5.41, 5.74) is 1.26. The van der Waals surface area contributed by atoms with Gasteiger partial charge in [-0.25, -0.2) is 0 Å². The number of likely N-dealkylation sites (N-methyl/N-ethyl adjacent to an activating group) is 2. The van der Waals surface area contributed by atoms with Gasteiger partial charge in [0.15, 0.2) is 0 Å². The van der Waals surface area contributed by atoms with Crippen molar-refractivity contribution < 1.29 is 9.47 Å². The maximum absolute atomic E-state index is 5.42. The Morgan fingerprint density at radius 3 is 2.42 bits per heavy atom. The van der Waals surface area contributed by atoms with Crippen LogP contribution in [0.3, 0.4) is 0 Å². The largest absolute Gasteiger partial charge is 0.497 e. The minimum Gasteiger partial charge on any atom is -0.497 e. The lowest BCUT2D eigenvalue weighted by molar-refractivity contribution is 0.235. The average Bonchev–Trinajstić information content (AvgIpc) is 2.38. The second-order valence-corrected chi connectivity index (χ2v) is 5.48. The molecule has 4 nitrogen and oxygen atoms in total. The maximum atomic E-state index is 5.42. The maximum Gasteiger partial charge on any atom is 0.127 e. The van der Waals surface area contributed by atoms with Gasteiger partial charge in [0, 0.05) is 30.3 Å². The summed E-state index contributed by atoms with van der Waals surface area (Å²) in [4.78, 5) is 2.28. The zero-order valence-electron chi connectivity index (χ0n) is 12.9. The third-order valence-corrected chi connectivity index (χ3v) is 3.28. The molecular formula is C15H26N2O2. The Balaban J connectivity index is 2.76. The molecule has 1 aromatic carbocycles. The van der Waals surface area contributed by atoms with Gasteiger partial charge in [0.2, 0.25) is 0 Å². The van der Waals surface area contributed by atoms with Crippen molar-refractivity contribution in [2.75, 3.05) is 34.9 Å².